The molecule has 2 aromatic carbocycles. The molecule has 0 spiro atoms. The van der Waals surface area contributed by atoms with Gasteiger partial charge in [0.2, 0.25) is 0 Å². The predicted molar refractivity (Wildman–Crippen MR) is 89.4 cm³/mol. The van der Waals surface area contributed by atoms with Crippen molar-refractivity contribution in [3.8, 4) is 17.6 Å². The average Bonchev–Trinajstić information content (AvgIpc) is 2.64. The number of rotatable bonds is 6. The minimum Gasteiger partial charge on any atom is -0.497 e. The Labute approximate surface area is 140 Å². The molecule has 0 fully saturated rings. The summed E-state index contributed by atoms with van der Waals surface area (Å²) in [6, 6.07) is 16.2. The normalized spacial score (nSPS) is 10.6. The highest BCUT2D eigenvalue weighted by molar-refractivity contribution is 5.98. The summed E-state index contributed by atoms with van der Waals surface area (Å²) in [7, 11) is 3.05. The summed E-state index contributed by atoms with van der Waals surface area (Å²) in [6.07, 6.45) is 1.44. The SMILES string of the molecule is COc1ccc(/C=C(/C#N)C(=O)OCc2ccccc2)c(OC)c1. The lowest BCUT2D eigenvalue weighted by Crippen LogP contribution is -2.07. The Bertz CT molecular complexity index is 776. The van der Waals surface area contributed by atoms with Crippen LogP contribution in [-0.4, -0.2) is 20.2 Å². The molecule has 122 valence electrons. The van der Waals surface area contributed by atoms with Gasteiger partial charge in [-0.25, -0.2) is 4.79 Å². The minimum absolute atomic E-state index is 0.102. The van der Waals surface area contributed by atoms with Crippen molar-refractivity contribution in [1.29, 1.82) is 5.26 Å². The maximum atomic E-state index is 12.1. The third-order valence-corrected chi connectivity index (χ3v) is 3.29. The minimum atomic E-state index is -0.681. The maximum Gasteiger partial charge on any atom is 0.349 e. The van der Waals surface area contributed by atoms with Gasteiger partial charge in [-0.3, -0.25) is 0 Å². The Morgan fingerprint density at radius 2 is 1.88 bits per heavy atom. The predicted octanol–water partition coefficient (Wildman–Crippen LogP) is 3.35. The molecule has 0 aliphatic heterocycles. The summed E-state index contributed by atoms with van der Waals surface area (Å²) in [5.41, 5.74) is 1.34. The molecule has 0 atom stereocenters. The second-order valence-corrected chi connectivity index (χ2v) is 4.84. The zero-order valence-electron chi connectivity index (χ0n) is 13.5. The monoisotopic (exact) mass is 323 g/mol. The van der Waals surface area contributed by atoms with E-state index < -0.39 is 5.97 Å². The zero-order chi connectivity index (χ0) is 17.4. The highest BCUT2D eigenvalue weighted by Crippen LogP contribution is 2.26. The zero-order valence-corrected chi connectivity index (χ0v) is 13.5. The fraction of sp³-hybridized carbons (Fsp3) is 0.158. The van der Waals surface area contributed by atoms with Crippen LogP contribution in [0, 0.1) is 11.3 Å². The van der Waals surface area contributed by atoms with Crippen LogP contribution in [0.2, 0.25) is 0 Å². The lowest BCUT2D eigenvalue weighted by Gasteiger charge is -2.08. The molecule has 2 rings (SSSR count). The fourth-order valence-corrected chi connectivity index (χ4v) is 2.03. The van der Waals surface area contributed by atoms with Crippen LogP contribution in [0.25, 0.3) is 6.08 Å². The van der Waals surface area contributed by atoms with E-state index in [1.807, 2.05) is 36.4 Å². The lowest BCUT2D eigenvalue weighted by atomic mass is 10.1. The van der Waals surface area contributed by atoms with E-state index in [4.69, 9.17) is 14.2 Å². The Morgan fingerprint density at radius 1 is 1.12 bits per heavy atom. The maximum absolute atomic E-state index is 12.1. The first-order valence-corrected chi connectivity index (χ1v) is 7.22. The fourth-order valence-electron chi connectivity index (χ4n) is 2.03. The van der Waals surface area contributed by atoms with Gasteiger partial charge in [0.1, 0.15) is 29.7 Å². The molecule has 0 amide bonds. The van der Waals surface area contributed by atoms with Crippen LogP contribution in [0.3, 0.4) is 0 Å². The Hall–Kier alpha value is -3.26. The van der Waals surface area contributed by atoms with Gasteiger partial charge in [0.05, 0.1) is 14.2 Å². The van der Waals surface area contributed by atoms with Crippen molar-refractivity contribution in [3.63, 3.8) is 0 Å². The van der Waals surface area contributed by atoms with Crippen molar-refractivity contribution in [2.45, 2.75) is 6.61 Å². The molecule has 0 N–H and O–H groups in total. The Kier molecular flexibility index (Phi) is 5.98. The highest BCUT2D eigenvalue weighted by atomic mass is 16.5. The Balaban J connectivity index is 2.16. The van der Waals surface area contributed by atoms with Crippen LogP contribution in [0.15, 0.2) is 54.1 Å². The number of carbonyl (C=O) groups excluding carboxylic acids is 1. The summed E-state index contributed by atoms with van der Waals surface area (Å²) < 4.78 is 15.6. The van der Waals surface area contributed by atoms with Crippen LogP contribution in [-0.2, 0) is 16.1 Å². The van der Waals surface area contributed by atoms with Gasteiger partial charge in [-0.15, -0.1) is 0 Å². The van der Waals surface area contributed by atoms with Crippen LogP contribution in [0.1, 0.15) is 11.1 Å². The first-order chi connectivity index (χ1) is 11.7. The highest BCUT2D eigenvalue weighted by Gasteiger charge is 2.13. The van der Waals surface area contributed by atoms with Crippen molar-refractivity contribution in [1.82, 2.24) is 0 Å². The van der Waals surface area contributed by atoms with Gasteiger partial charge >= 0.3 is 5.97 Å². The molecule has 5 heteroatoms. The summed E-state index contributed by atoms with van der Waals surface area (Å²) in [6.45, 7) is 0.110. The van der Waals surface area contributed by atoms with Crippen molar-refractivity contribution in [3.05, 3.63) is 65.2 Å². The molecule has 0 radical (unpaired) electrons. The molecular weight excluding hydrogens is 306 g/mol. The van der Waals surface area contributed by atoms with Crippen LogP contribution in [0.5, 0.6) is 11.5 Å². The van der Waals surface area contributed by atoms with Crippen LogP contribution >= 0.6 is 0 Å². The Morgan fingerprint density at radius 3 is 2.50 bits per heavy atom. The molecule has 5 nitrogen and oxygen atoms in total. The summed E-state index contributed by atoms with van der Waals surface area (Å²) in [5.74, 6) is 0.436. The number of esters is 1. The van der Waals surface area contributed by atoms with E-state index >= 15 is 0 Å². The van der Waals surface area contributed by atoms with E-state index in [9.17, 15) is 10.1 Å². The van der Waals surface area contributed by atoms with E-state index in [1.54, 1.807) is 25.3 Å². The average molecular weight is 323 g/mol. The standard InChI is InChI=1S/C19H17NO4/c1-22-17-9-8-15(18(11-17)23-2)10-16(12-20)19(21)24-13-14-6-4-3-5-7-14/h3-11H,13H2,1-2H3/b16-10-. The first kappa shape index (κ1) is 17.1. The molecule has 0 unspecified atom stereocenters. The van der Waals surface area contributed by atoms with Crippen molar-refractivity contribution < 1.29 is 19.0 Å². The number of benzene rings is 2. The van der Waals surface area contributed by atoms with Gasteiger partial charge in [-0.2, -0.15) is 5.26 Å². The third-order valence-electron chi connectivity index (χ3n) is 3.29. The van der Waals surface area contributed by atoms with Gasteiger partial charge in [0.15, 0.2) is 0 Å². The summed E-state index contributed by atoms with van der Waals surface area (Å²) in [4.78, 5) is 12.1. The number of carbonyl (C=O) groups is 1. The van der Waals surface area contributed by atoms with Crippen molar-refractivity contribution >= 4 is 12.0 Å². The van der Waals surface area contributed by atoms with Gasteiger partial charge < -0.3 is 14.2 Å². The van der Waals surface area contributed by atoms with Crippen molar-refractivity contribution in [2.75, 3.05) is 14.2 Å². The molecule has 0 aliphatic carbocycles. The number of nitriles is 1. The van der Waals surface area contributed by atoms with E-state index in [0.29, 0.717) is 17.1 Å². The topological polar surface area (TPSA) is 68.5 Å². The van der Waals surface area contributed by atoms with E-state index in [1.165, 1.54) is 13.2 Å². The lowest BCUT2D eigenvalue weighted by molar-refractivity contribution is -0.139. The number of hydrogen-bond acceptors (Lipinski definition) is 5. The molecule has 0 aliphatic rings. The number of nitrogens with zero attached hydrogens (tertiary/aromatic N) is 1. The second kappa shape index (κ2) is 8.39. The molecule has 0 aromatic heterocycles. The number of methoxy groups -OCH3 is 2. The van der Waals surface area contributed by atoms with Gasteiger partial charge in [0.25, 0.3) is 0 Å². The van der Waals surface area contributed by atoms with Crippen LogP contribution in [0.4, 0.5) is 0 Å². The summed E-state index contributed by atoms with van der Waals surface area (Å²) >= 11 is 0. The van der Waals surface area contributed by atoms with Crippen molar-refractivity contribution in [2.24, 2.45) is 0 Å². The van der Waals surface area contributed by atoms with E-state index in [0.717, 1.165) is 5.56 Å². The van der Waals surface area contributed by atoms with Gasteiger partial charge in [-0.1, -0.05) is 30.3 Å². The molecule has 0 saturated carbocycles. The molecular formula is C19H17NO4. The molecule has 0 bridgehead atoms. The molecule has 24 heavy (non-hydrogen) atoms. The van der Waals surface area contributed by atoms with E-state index in [2.05, 4.69) is 0 Å². The quantitative estimate of drug-likeness (QED) is 0.463. The summed E-state index contributed by atoms with van der Waals surface area (Å²) in [5, 5.41) is 9.23. The molecule has 0 heterocycles. The van der Waals surface area contributed by atoms with Gasteiger partial charge in [0, 0.05) is 11.6 Å². The molecule has 2 aromatic rings. The number of ether oxygens (including phenoxy) is 3. The molecule has 0 saturated heterocycles. The largest absolute Gasteiger partial charge is 0.497 e. The third kappa shape index (κ3) is 4.37. The van der Waals surface area contributed by atoms with Crippen LogP contribution < -0.4 is 9.47 Å². The van der Waals surface area contributed by atoms with E-state index in [-0.39, 0.29) is 12.2 Å². The first-order valence-electron chi connectivity index (χ1n) is 7.22. The van der Waals surface area contributed by atoms with Gasteiger partial charge in [-0.05, 0) is 23.8 Å². The second-order valence-electron chi connectivity index (χ2n) is 4.84. The smallest absolute Gasteiger partial charge is 0.349 e. The number of hydrogen-bond donors (Lipinski definition) is 0.